The van der Waals surface area contributed by atoms with E-state index in [1.54, 1.807) is 4.90 Å². The zero-order valence-electron chi connectivity index (χ0n) is 10.8. The van der Waals surface area contributed by atoms with Crippen molar-refractivity contribution in [2.24, 2.45) is 10.9 Å². The van der Waals surface area contributed by atoms with Crippen LogP contribution in [0, 0.1) is 0 Å². The summed E-state index contributed by atoms with van der Waals surface area (Å²) < 4.78 is 0. The van der Waals surface area contributed by atoms with Crippen molar-refractivity contribution in [1.29, 1.82) is 0 Å². The zero-order valence-corrected chi connectivity index (χ0v) is 10.8. The maximum absolute atomic E-state index is 11.8. The molecule has 3 N–H and O–H groups in total. The Labute approximate surface area is 102 Å². The Morgan fingerprint density at radius 3 is 2.24 bits per heavy atom. The smallest absolute Gasteiger partial charge is 0.230 e. The van der Waals surface area contributed by atoms with Gasteiger partial charge in [-0.2, -0.15) is 0 Å². The van der Waals surface area contributed by atoms with Gasteiger partial charge in [0.25, 0.3) is 0 Å². The van der Waals surface area contributed by atoms with Crippen molar-refractivity contribution in [3.63, 3.8) is 0 Å². The average Bonchev–Trinajstić information content (AvgIpc) is 2.27. The highest BCUT2D eigenvalue weighted by Gasteiger charge is 2.27. The van der Waals surface area contributed by atoms with Crippen molar-refractivity contribution >= 4 is 11.7 Å². The maximum atomic E-state index is 11.8. The molecule has 6 nitrogen and oxygen atoms in total. The number of amides is 1. The number of carbonyl (C=O) groups excluding carboxylic acids is 1. The number of amidine groups is 1. The summed E-state index contributed by atoms with van der Waals surface area (Å²) >= 11 is 0. The highest BCUT2D eigenvalue weighted by Crippen LogP contribution is 2.16. The van der Waals surface area contributed by atoms with E-state index >= 15 is 0 Å². The normalized spacial score (nSPS) is 19.5. The van der Waals surface area contributed by atoms with Gasteiger partial charge in [0, 0.05) is 31.7 Å². The van der Waals surface area contributed by atoms with E-state index in [9.17, 15) is 4.79 Å². The van der Waals surface area contributed by atoms with Crippen LogP contribution in [0.5, 0.6) is 0 Å². The lowest BCUT2D eigenvalue weighted by molar-refractivity contribution is -0.132. The number of oxime groups is 1. The molecule has 0 atom stereocenters. The first-order valence-corrected chi connectivity index (χ1v) is 5.84. The number of hydrogen-bond acceptors (Lipinski definition) is 4. The number of hydrogen-bond donors (Lipinski definition) is 2. The van der Waals surface area contributed by atoms with Gasteiger partial charge < -0.3 is 15.8 Å². The van der Waals surface area contributed by atoms with E-state index in [0.717, 1.165) is 13.1 Å². The predicted molar refractivity (Wildman–Crippen MR) is 65.9 cm³/mol. The zero-order chi connectivity index (χ0) is 13.1. The van der Waals surface area contributed by atoms with Gasteiger partial charge in [-0.15, -0.1) is 0 Å². The number of nitrogens with zero attached hydrogens (tertiary/aromatic N) is 3. The minimum absolute atomic E-state index is 0.00792. The summed E-state index contributed by atoms with van der Waals surface area (Å²) in [5, 5.41) is 11.2. The number of carbonyl (C=O) groups is 1. The third kappa shape index (κ3) is 3.89. The lowest BCUT2D eigenvalue weighted by Gasteiger charge is -2.42. The van der Waals surface area contributed by atoms with Gasteiger partial charge in [-0.1, -0.05) is 5.16 Å². The summed E-state index contributed by atoms with van der Waals surface area (Å²) in [5.41, 5.74) is 5.46. The molecule has 0 bridgehead atoms. The molecule has 6 heteroatoms. The molecule has 0 aliphatic carbocycles. The second-order valence-corrected chi connectivity index (χ2v) is 5.31. The van der Waals surface area contributed by atoms with Crippen LogP contribution in [0.3, 0.4) is 0 Å². The Balaban J connectivity index is 2.44. The molecule has 1 saturated heterocycles. The van der Waals surface area contributed by atoms with Crippen LogP contribution in [0.4, 0.5) is 0 Å². The molecule has 0 radical (unpaired) electrons. The van der Waals surface area contributed by atoms with Gasteiger partial charge in [0.05, 0.1) is 6.42 Å². The Morgan fingerprint density at radius 2 is 1.82 bits per heavy atom. The highest BCUT2D eigenvalue weighted by molar-refractivity contribution is 5.98. The van der Waals surface area contributed by atoms with E-state index in [0.29, 0.717) is 13.1 Å². The lowest BCUT2D eigenvalue weighted by atomic mass is 10.0. The molecule has 98 valence electrons. The van der Waals surface area contributed by atoms with Gasteiger partial charge in [0.1, 0.15) is 5.84 Å². The van der Waals surface area contributed by atoms with Gasteiger partial charge in [0.15, 0.2) is 0 Å². The second-order valence-electron chi connectivity index (χ2n) is 5.31. The molecule has 0 aromatic heterocycles. The predicted octanol–water partition coefficient (Wildman–Crippen LogP) is 0.0656. The Kier molecular flexibility index (Phi) is 4.34. The summed E-state index contributed by atoms with van der Waals surface area (Å²) in [4.78, 5) is 15.9. The quantitative estimate of drug-likeness (QED) is 0.310. The first-order chi connectivity index (χ1) is 7.84. The molecule has 0 saturated carbocycles. The van der Waals surface area contributed by atoms with Gasteiger partial charge >= 0.3 is 0 Å². The largest absolute Gasteiger partial charge is 0.409 e. The molecule has 1 amide bonds. The van der Waals surface area contributed by atoms with Crippen LogP contribution in [-0.4, -0.2) is 58.5 Å². The fourth-order valence-electron chi connectivity index (χ4n) is 1.93. The Bertz CT molecular complexity index is 301. The van der Waals surface area contributed by atoms with E-state index in [2.05, 4.69) is 30.8 Å². The van der Waals surface area contributed by atoms with Crippen molar-refractivity contribution in [1.82, 2.24) is 9.80 Å². The van der Waals surface area contributed by atoms with E-state index in [-0.39, 0.29) is 23.7 Å². The topological polar surface area (TPSA) is 82.2 Å². The fraction of sp³-hybridized carbons (Fsp3) is 0.818. The van der Waals surface area contributed by atoms with Crippen molar-refractivity contribution in [3.8, 4) is 0 Å². The van der Waals surface area contributed by atoms with Crippen molar-refractivity contribution in [2.45, 2.75) is 32.7 Å². The third-order valence-electron chi connectivity index (χ3n) is 3.04. The van der Waals surface area contributed by atoms with Crippen LogP contribution < -0.4 is 5.73 Å². The summed E-state index contributed by atoms with van der Waals surface area (Å²) in [5.74, 6) is -0.109. The summed E-state index contributed by atoms with van der Waals surface area (Å²) in [6.07, 6.45) is -0.00792. The van der Waals surface area contributed by atoms with Gasteiger partial charge in [-0.3, -0.25) is 9.69 Å². The molecule has 1 fully saturated rings. The molecule has 0 spiro atoms. The molecule has 17 heavy (non-hydrogen) atoms. The van der Waals surface area contributed by atoms with Crippen LogP contribution in [0.15, 0.2) is 5.16 Å². The lowest BCUT2D eigenvalue weighted by Crippen LogP contribution is -2.54. The minimum Gasteiger partial charge on any atom is -0.409 e. The van der Waals surface area contributed by atoms with E-state index in [1.807, 2.05) is 0 Å². The van der Waals surface area contributed by atoms with Crippen molar-refractivity contribution in [2.75, 3.05) is 26.2 Å². The second kappa shape index (κ2) is 5.35. The Morgan fingerprint density at radius 1 is 1.29 bits per heavy atom. The molecular formula is C11H22N4O2. The van der Waals surface area contributed by atoms with E-state index < -0.39 is 0 Å². The molecule has 0 unspecified atom stereocenters. The van der Waals surface area contributed by atoms with E-state index in [1.165, 1.54) is 0 Å². The molecule has 1 aliphatic heterocycles. The first-order valence-electron chi connectivity index (χ1n) is 5.84. The van der Waals surface area contributed by atoms with Crippen molar-refractivity contribution < 1.29 is 10.0 Å². The van der Waals surface area contributed by atoms with Gasteiger partial charge in [0.2, 0.25) is 5.91 Å². The van der Waals surface area contributed by atoms with Crippen LogP contribution in [0.2, 0.25) is 0 Å². The van der Waals surface area contributed by atoms with Crippen LogP contribution >= 0.6 is 0 Å². The summed E-state index contributed by atoms with van der Waals surface area (Å²) in [6, 6.07) is 0. The number of piperazine rings is 1. The van der Waals surface area contributed by atoms with Crippen molar-refractivity contribution in [3.05, 3.63) is 0 Å². The maximum Gasteiger partial charge on any atom is 0.230 e. The van der Waals surface area contributed by atoms with Gasteiger partial charge in [-0.05, 0) is 20.8 Å². The number of rotatable bonds is 2. The van der Waals surface area contributed by atoms with Crippen LogP contribution in [-0.2, 0) is 4.79 Å². The molecule has 1 rings (SSSR count). The third-order valence-corrected chi connectivity index (χ3v) is 3.04. The SMILES string of the molecule is CC(C)(C)N1CCN(C(=O)CC(N)=NO)CC1. The van der Waals surface area contributed by atoms with Crippen LogP contribution in [0.25, 0.3) is 0 Å². The number of nitrogens with two attached hydrogens (primary N) is 1. The van der Waals surface area contributed by atoms with Gasteiger partial charge in [-0.25, -0.2) is 0 Å². The molecular weight excluding hydrogens is 220 g/mol. The Hall–Kier alpha value is -1.30. The fourth-order valence-corrected chi connectivity index (χ4v) is 1.93. The highest BCUT2D eigenvalue weighted by atomic mass is 16.4. The average molecular weight is 242 g/mol. The molecule has 1 aliphatic rings. The van der Waals surface area contributed by atoms with Crippen LogP contribution in [0.1, 0.15) is 27.2 Å². The monoisotopic (exact) mass is 242 g/mol. The standard InChI is InChI=1S/C11H22N4O2/c1-11(2,3)15-6-4-14(5-7-15)10(16)8-9(12)13-17/h17H,4-8H2,1-3H3,(H2,12,13). The summed E-state index contributed by atoms with van der Waals surface area (Å²) in [6.45, 7) is 9.64. The molecule has 1 heterocycles. The molecule has 0 aromatic rings. The molecule has 0 aromatic carbocycles. The minimum atomic E-state index is -0.0751. The summed E-state index contributed by atoms with van der Waals surface area (Å²) in [7, 11) is 0. The first kappa shape index (κ1) is 13.8. The van der Waals surface area contributed by atoms with E-state index in [4.69, 9.17) is 10.9 Å².